The van der Waals surface area contributed by atoms with Gasteiger partial charge in [-0.1, -0.05) is 11.6 Å². The monoisotopic (exact) mass is 593 g/mol. The highest BCUT2D eigenvalue weighted by Gasteiger charge is 2.12. The van der Waals surface area contributed by atoms with Gasteiger partial charge >= 0.3 is 0 Å². The lowest BCUT2D eigenvalue weighted by molar-refractivity contribution is 0.0955. The molecule has 7 nitrogen and oxygen atoms in total. The summed E-state index contributed by atoms with van der Waals surface area (Å²) in [6, 6.07) is 12.5. The Morgan fingerprint density at radius 2 is 1.85 bits per heavy atom. The number of carbonyl (C=O) groups is 1. The van der Waals surface area contributed by atoms with E-state index >= 15 is 0 Å². The molecule has 3 aromatic rings. The first-order valence-corrected chi connectivity index (χ1v) is 12.1. The average Bonchev–Trinajstić information content (AvgIpc) is 2.82. The molecule has 0 aliphatic rings. The van der Waals surface area contributed by atoms with E-state index in [0.29, 0.717) is 48.3 Å². The van der Waals surface area contributed by atoms with Gasteiger partial charge in [0, 0.05) is 29.4 Å². The Kier molecular flexibility index (Phi) is 9.96. The van der Waals surface area contributed by atoms with Crippen molar-refractivity contribution in [3.63, 3.8) is 0 Å². The second kappa shape index (κ2) is 13.1. The van der Waals surface area contributed by atoms with Crippen molar-refractivity contribution < 1.29 is 19.0 Å². The molecule has 0 saturated heterocycles. The molecule has 0 bridgehead atoms. The summed E-state index contributed by atoms with van der Waals surface area (Å²) in [5.74, 6) is 1.79. The van der Waals surface area contributed by atoms with Crippen LogP contribution in [0.25, 0.3) is 0 Å². The summed E-state index contributed by atoms with van der Waals surface area (Å²) in [6.45, 7) is 5.35. The summed E-state index contributed by atoms with van der Waals surface area (Å²) >= 11 is 8.18. The van der Waals surface area contributed by atoms with Crippen LogP contribution in [-0.4, -0.2) is 36.9 Å². The number of amides is 1. The third-order valence-corrected chi connectivity index (χ3v) is 5.62. The molecule has 0 unspecified atom stereocenters. The predicted molar refractivity (Wildman–Crippen MR) is 141 cm³/mol. The standard InChI is InChI=1S/C25H25ClIN3O4/c1-3-32-23-15-18(16-29-30-25(31)19-7-9-28-10-8-19)14-21(27)24(23)34-12-4-11-33-22-6-5-20(26)13-17(22)2/h5-10,13-16H,3-4,11-12H2,1-2H3,(H,30,31)/b29-16+. The Hall–Kier alpha value is -2.85. The Labute approximate surface area is 217 Å². The van der Waals surface area contributed by atoms with Gasteiger partial charge in [-0.2, -0.15) is 5.10 Å². The fraction of sp³-hybridized carbons (Fsp3) is 0.240. The minimum Gasteiger partial charge on any atom is -0.493 e. The molecule has 9 heteroatoms. The van der Waals surface area contributed by atoms with Crippen molar-refractivity contribution in [1.82, 2.24) is 10.4 Å². The van der Waals surface area contributed by atoms with Crippen LogP contribution in [0.2, 0.25) is 5.02 Å². The molecular weight excluding hydrogens is 569 g/mol. The van der Waals surface area contributed by atoms with E-state index in [1.807, 2.05) is 44.2 Å². The zero-order valence-electron chi connectivity index (χ0n) is 18.9. The number of halogens is 2. The van der Waals surface area contributed by atoms with Crippen LogP contribution in [0.5, 0.6) is 17.2 Å². The van der Waals surface area contributed by atoms with Crippen molar-refractivity contribution in [2.24, 2.45) is 5.10 Å². The topological polar surface area (TPSA) is 82.0 Å². The molecule has 3 rings (SSSR count). The number of carbonyl (C=O) groups excluding carboxylic acids is 1. The number of benzene rings is 2. The molecule has 0 atom stereocenters. The van der Waals surface area contributed by atoms with E-state index < -0.39 is 0 Å². The summed E-state index contributed by atoms with van der Waals surface area (Å²) in [5.41, 5.74) is 4.76. The van der Waals surface area contributed by atoms with Gasteiger partial charge < -0.3 is 14.2 Å². The highest BCUT2D eigenvalue weighted by Crippen LogP contribution is 2.34. The summed E-state index contributed by atoms with van der Waals surface area (Å²) in [4.78, 5) is 16.0. The van der Waals surface area contributed by atoms with Crippen LogP contribution in [0.3, 0.4) is 0 Å². The highest BCUT2D eigenvalue weighted by atomic mass is 127. The van der Waals surface area contributed by atoms with Crippen LogP contribution < -0.4 is 19.6 Å². The molecule has 2 aromatic carbocycles. The van der Waals surface area contributed by atoms with Crippen LogP contribution in [0, 0.1) is 10.5 Å². The molecule has 0 aliphatic heterocycles. The van der Waals surface area contributed by atoms with Crippen LogP contribution in [0.4, 0.5) is 0 Å². The van der Waals surface area contributed by atoms with Crippen molar-refractivity contribution in [3.05, 3.63) is 80.1 Å². The van der Waals surface area contributed by atoms with Crippen LogP contribution >= 0.6 is 34.2 Å². The molecule has 0 fully saturated rings. The lowest BCUT2D eigenvalue weighted by Gasteiger charge is -2.15. The second-order valence-electron chi connectivity index (χ2n) is 7.16. The van der Waals surface area contributed by atoms with Gasteiger partial charge in [-0.05, 0) is 90.0 Å². The van der Waals surface area contributed by atoms with Gasteiger partial charge in [0.1, 0.15) is 5.75 Å². The third-order valence-electron chi connectivity index (χ3n) is 4.58. The number of aryl methyl sites for hydroxylation is 1. The number of ether oxygens (including phenoxy) is 3. The average molecular weight is 594 g/mol. The minimum absolute atomic E-state index is 0.311. The lowest BCUT2D eigenvalue weighted by atomic mass is 10.2. The fourth-order valence-corrected chi connectivity index (χ4v) is 4.00. The second-order valence-corrected chi connectivity index (χ2v) is 8.76. The first kappa shape index (κ1) is 25.8. The van der Waals surface area contributed by atoms with Gasteiger partial charge in [0.05, 0.1) is 29.6 Å². The molecule has 178 valence electrons. The molecule has 34 heavy (non-hydrogen) atoms. The zero-order valence-corrected chi connectivity index (χ0v) is 21.8. The number of pyridine rings is 1. The maximum atomic E-state index is 12.1. The maximum Gasteiger partial charge on any atom is 0.271 e. The molecule has 0 aliphatic carbocycles. The van der Waals surface area contributed by atoms with E-state index in [1.165, 1.54) is 0 Å². The van der Waals surface area contributed by atoms with Crippen molar-refractivity contribution in [2.75, 3.05) is 19.8 Å². The summed E-state index contributed by atoms with van der Waals surface area (Å²) in [7, 11) is 0. The maximum absolute atomic E-state index is 12.1. The van der Waals surface area contributed by atoms with Gasteiger partial charge in [0.2, 0.25) is 0 Å². The van der Waals surface area contributed by atoms with E-state index in [2.05, 4.69) is 38.1 Å². The van der Waals surface area contributed by atoms with Crippen molar-refractivity contribution in [3.8, 4) is 17.2 Å². The fourth-order valence-electron chi connectivity index (χ4n) is 2.99. The van der Waals surface area contributed by atoms with E-state index in [-0.39, 0.29) is 5.91 Å². The van der Waals surface area contributed by atoms with Crippen molar-refractivity contribution >= 4 is 46.3 Å². The lowest BCUT2D eigenvalue weighted by Crippen LogP contribution is -2.17. The van der Waals surface area contributed by atoms with Crippen LogP contribution in [-0.2, 0) is 0 Å². The van der Waals surface area contributed by atoms with E-state index in [1.54, 1.807) is 30.7 Å². The Morgan fingerprint density at radius 1 is 1.09 bits per heavy atom. The van der Waals surface area contributed by atoms with Gasteiger partial charge in [-0.25, -0.2) is 5.43 Å². The molecule has 1 amide bonds. The molecule has 1 heterocycles. The quantitative estimate of drug-likeness (QED) is 0.134. The molecule has 1 aromatic heterocycles. The summed E-state index contributed by atoms with van der Waals surface area (Å²) in [5, 5.41) is 4.74. The summed E-state index contributed by atoms with van der Waals surface area (Å²) < 4.78 is 18.5. The predicted octanol–water partition coefficient (Wildman–Crippen LogP) is 5.66. The van der Waals surface area contributed by atoms with Crippen LogP contribution in [0.1, 0.15) is 34.8 Å². The van der Waals surface area contributed by atoms with Gasteiger partial charge in [-0.3, -0.25) is 9.78 Å². The van der Waals surface area contributed by atoms with Crippen molar-refractivity contribution in [1.29, 1.82) is 0 Å². The van der Waals surface area contributed by atoms with Crippen LogP contribution in [0.15, 0.2) is 60.0 Å². The Morgan fingerprint density at radius 3 is 2.59 bits per heavy atom. The smallest absolute Gasteiger partial charge is 0.271 e. The largest absolute Gasteiger partial charge is 0.493 e. The molecule has 0 saturated carbocycles. The zero-order chi connectivity index (χ0) is 24.3. The molecule has 0 spiro atoms. The molecule has 0 radical (unpaired) electrons. The number of aromatic nitrogens is 1. The number of rotatable bonds is 11. The number of hydrogen-bond donors (Lipinski definition) is 1. The molecular formula is C25H25ClIN3O4. The highest BCUT2D eigenvalue weighted by molar-refractivity contribution is 14.1. The number of nitrogens with zero attached hydrogens (tertiary/aromatic N) is 2. The molecule has 1 N–H and O–H groups in total. The SMILES string of the molecule is CCOc1cc(/C=N/NC(=O)c2ccncc2)cc(I)c1OCCCOc1ccc(Cl)cc1C. The minimum atomic E-state index is -0.311. The van der Waals surface area contributed by atoms with E-state index in [9.17, 15) is 4.79 Å². The Bertz CT molecular complexity index is 1140. The van der Waals surface area contributed by atoms with Crippen molar-refractivity contribution in [2.45, 2.75) is 20.3 Å². The number of hydrogen-bond acceptors (Lipinski definition) is 6. The Balaban J connectivity index is 1.56. The number of hydrazone groups is 1. The van der Waals surface area contributed by atoms with E-state index in [4.69, 9.17) is 25.8 Å². The third kappa shape index (κ3) is 7.59. The number of nitrogens with one attached hydrogen (secondary N) is 1. The normalized spacial score (nSPS) is 10.8. The van der Waals surface area contributed by atoms with Gasteiger partial charge in [-0.15, -0.1) is 0 Å². The first-order chi connectivity index (χ1) is 16.5. The van der Waals surface area contributed by atoms with Gasteiger partial charge in [0.15, 0.2) is 11.5 Å². The van der Waals surface area contributed by atoms with Gasteiger partial charge in [0.25, 0.3) is 5.91 Å². The van der Waals surface area contributed by atoms with E-state index in [0.717, 1.165) is 20.4 Å². The summed E-state index contributed by atoms with van der Waals surface area (Å²) in [6.07, 6.45) is 5.38. The first-order valence-electron chi connectivity index (χ1n) is 10.7.